The van der Waals surface area contributed by atoms with Gasteiger partial charge in [0.15, 0.2) is 5.82 Å². The molecule has 3 aromatic rings. The number of benzene rings is 1. The highest BCUT2D eigenvalue weighted by Gasteiger charge is 2.31. The number of carbonyl (C=O) groups is 3. The van der Waals surface area contributed by atoms with E-state index < -0.39 is 17.5 Å². The van der Waals surface area contributed by atoms with Gasteiger partial charge in [0.25, 0.3) is 17.6 Å². The number of rotatable bonds is 5. The van der Waals surface area contributed by atoms with Crippen LogP contribution in [0.3, 0.4) is 0 Å². The van der Waals surface area contributed by atoms with E-state index in [2.05, 4.69) is 21.5 Å². The van der Waals surface area contributed by atoms with E-state index in [-0.39, 0.29) is 60.3 Å². The summed E-state index contributed by atoms with van der Waals surface area (Å²) in [5.74, 6) is -2.85. The van der Waals surface area contributed by atoms with E-state index in [4.69, 9.17) is 5.73 Å². The Hall–Kier alpha value is -4.47. The maximum atomic E-state index is 14.6. The smallest absolute Gasteiger partial charge is 0.295 e. The molecule has 0 unspecified atom stereocenters. The van der Waals surface area contributed by atoms with Gasteiger partial charge in [-0.2, -0.15) is 0 Å². The van der Waals surface area contributed by atoms with Crippen molar-refractivity contribution in [2.75, 3.05) is 31.9 Å². The van der Waals surface area contributed by atoms with E-state index in [0.29, 0.717) is 5.56 Å². The van der Waals surface area contributed by atoms with Gasteiger partial charge < -0.3 is 15.5 Å². The van der Waals surface area contributed by atoms with Crippen molar-refractivity contribution in [3.05, 3.63) is 78.6 Å². The first-order valence-electron chi connectivity index (χ1n) is 10.5. The molecule has 2 N–H and O–H groups in total. The number of hydrogen-bond acceptors (Lipinski definition) is 7. The SMILES string of the molecule is C=C(C(=O)C(=O)N1CCN(C(=O)c2ccccc2)CC1)c1c(F)cnc(-c2cnccn2)c1N. The Balaban J connectivity index is 1.47. The third-order valence-corrected chi connectivity index (χ3v) is 5.52. The summed E-state index contributed by atoms with van der Waals surface area (Å²) in [5, 5.41) is 0. The van der Waals surface area contributed by atoms with Crippen molar-refractivity contribution in [2.45, 2.75) is 0 Å². The summed E-state index contributed by atoms with van der Waals surface area (Å²) in [7, 11) is 0. The van der Waals surface area contributed by atoms with Gasteiger partial charge in [-0.05, 0) is 12.1 Å². The number of Topliss-reactive ketones (excluding diaryl/α,β-unsaturated/α-hetero) is 1. The van der Waals surface area contributed by atoms with Crippen LogP contribution in [0.5, 0.6) is 0 Å². The van der Waals surface area contributed by atoms with Crippen molar-refractivity contribution in [1.29, 1.82) is 0 Å². The molecule has 0 atom stereocenters. The van der Waals surface area contributed by atoms with Crippen molar-refractivity contribution in [2.24, 2.45) is 0 Å². The summed E-state index contributed by atoms with van der Waals surface area (Å²) in [6, 6.07) is 8.81. The lowest BCUT2D eigenvalue weighted by Crippen LogP contribution is -2.52. The van der Waals surface area contributed by atoms with E-state index >= 15 is 0 Å². The molecule has 1 aromatic carbocycles. The lowest BCUT2D eigenvalue weighted by atomic mass is 9.99. The number of pyridine rings is 1. The van der Waals surface area contributed by atoms with Gasteiger partial charge in [0.2, 0.25) is 0 Å². The van der Waals surface area contributed by atoms with E-state index in [9.17, 15) is 18.8 Å². The fourth-order valence-corrected chi connectivity index (χ4v) is 3.70. The van der Waals surface area contributed by atoms with Crippen LogP contribution in [0.1, 0.15) is 15.9 Å². The van der Waals surface area contributed by atoms with Crippen LogP contribution >= 0.6 is 0 Å². The molecular formula is C24H21FN6O3. The first kappa shape index (κ1) is 22.7. The summed E-state index contributed by atoms with van der Waals surface area (Å²) in [6.07, 6.45) is 5.17. The zero-order valence-corrected chi connectivity index (χ0v) is 18.1. The first-order chi connectivity index (χ1) is 16.4. The highest BCUT2D eigenvalue weighted by molar-refractivity contribution is 6.53. The van der Waals surface area contributed by atoms with Crippen LogP contribution in [0.2, 0.25) is 0 Å². The molecule has 0 bridgehead atoms. The van der Waals surface area contributed by atoms with Crippen LogP contribution in [0.4, 0.5) is 10.1 Å². The number of halogens is 1. The second-order valence-corrected chi connectivity index (χ2v) is 7.59. The van der Waals surface area contributed by atoms with Crippen molar-refractivity contribution >= 4 is 28.9 Å². The maximum Gasteiger partial charge on any atom is 0.295 e. The van der Waals surface area contributed by atoms with Crippen LogP contribution in [0.15, 0.2) is 61.7 Å². The Kier molecular flexibility index (Phi) is 6.39. The molecule has 1 fully saturated rings. The molecule has 2 amide bonds. The zero-order valence-electron chi connectivity index (χ0n) is 18.1. The average Bonchev–Trinajstić information content (AvgIpc) is 2.88. The molecule has 0 spiro atoms. The Bertz CT molecular complexity index is 1260. The van der Waals surface area contributed by atoms with Crippen LogP contribution in [0, 0.1) is 5.82 Å². The number of nitrogens with two attached hydrogens (primary N) is 1. The van der Waals surface area contributed by atoms with Crippen molar-refractivity contribution in [1.82, 2.24) is 24.8 Å². The molecule has 172 valence electrons. The molecule has 10 heteroatoms. The number of aromatic nitrogens is 3. The van der Waals surface area contributed by atoms with Gasteiger partial charge >= 0.3 is 0 Å². The molecule has 1 saturated heterocycles. The maximum absolute atomic E-state index is 14.6. The number of anilines is 1. The zero-order chi connectivity index (χ0) is 24.2. The van der Waals surface area contributed by atoms with Gasteiger partial charge in [0, 0.05) is 55.3 Å². The molecule has 9 nitrogen and oxygen atoms in total. The molecule has 34 heavy (non-hydrogen) atoms. The van der Waals surface area contributed by atoms with E-state index in [1.165, 1.54) is 23.5 Å². The second kappa shape index (κ2) is 9.57. The first-order valence-corrected chi connectivity index (χ1v) is 10.5. The average molecular weight is 460 g/mol. The molecule has 0 radical (unpaired) electrons. The van der Waals surface area contributed by atoms with Gasteiger partial charge in [0.1, 0.15) is 11.4 Å². The van der Waals surface area contributed by atoms with Crippen LogP contribution in [-0.2, 0) is 9.59 Å². The molecule has 0 aliphatic carbocycles. The minimum atomic E-state index is -0.982. The Morgan fingerprint density at radius 1 is 0.941 bits per heavy atom. The number of nitrogens with zero attached hydrogens (tertiary/aromatic N) is 5. The number of nitrogen functional groups attached to an aromatic ring is 1. The summed E-state index contributed by atoms with van der Waals surface area (Å²) >= 11 is 0. The van der Waals surface area contributed by atoms with E-state index in [1.807, 2.05) is 6.07 Å². The Labute approximate surface area is 194 Å². The van der Waals surface area contributed by atoms with Crippen LogP contribution in [0.25, 0.3) is 17.0 Å². The lowest BCUT2D eigenvalue weighted by Gasteiger charge is -2.34. The third kappa shape index (κ3) is 4.38. The van der Waals surface area contributed by atoms with Gasteiger partial charge in [0.05, 0.1) is 18.1 Å². The predicted molar refractivity (Wildman–Crippen MR) is 123 cm³/mol. The third-order valence-electron chi connectivity index (χ3n) is 5.52. The summed E-state index contributed by atoms with van der Waals surface area (Å²) in [5.41, 5.74) is 6.21. The number of ketones is 1. The monoisotopic (exact) mass is 460 g/mol. The number of carbonyl (C=O) groups excluding carboxylic acids is 3. The fourth-order valence-electron chi connectivity index (χ4n) is 3.70. The quantitative estimate of drug-likeness (QED) is 0.455. The summed E-state index contributed by atoms with van der Waals surface area (Å²) in [6.45, 7) is 4.49. The summed E-state index contributed by atoms with van der Waals surface area (Å²) < 4.78 is 14.6. The second-order valence-electron chi connectivity index (χ2n) is 7.59. The highest BCUT2D eigenvalue weighted by atomic mass is 19.1. The molecule has 4 rings (SSSR count). The Morgan fingerprint density at radius 2 is 1.62 bits per heavy atom. The lowest BCUT2D eigenvalue weighted by molar-refractivity contribution is -0.142. The normalized spacial score (nSPS) is 13.4. The Morgan fingerprint density at radius 3 is 2.26 bits per heavy atom. The molecule has 3 heterocycles. The van der Waals surface area contributed by atoms with Crippen molar-refractivity contribution in [3.8, 4) is 11.4 Å². The predicted octanol–water partition coefficient (Wildman–Crippen LogP) is 1.83. The van der Waals surface area contributed by atoms with Crippen LogP contribution < -0.4 is 5.73 Å². The largest absolute Gasteiger partial charge is 0.396 e. The number of amides is 2. The number of piperazine rings is 1. The molecule has 1 aliphatic heterocycles. The molecular weight excluding hydrogens is 439 g/mol. The minimum Gasteiger partial charge on any atom is -0.396 e. The van der Waals surface area contributed by atoms with Crippen molar-refractivity contribution < 1.29 is 18.8 Å². The fraction of sp³-hybridized carbons (Fsp3) is 0.167. The van der Waals surface area contributed by atoms with Crippen molar-refractivity contribution in [3.63, 3.8) is 0 Å². The van der Waals surface area contributed by atoms with Gasteiger partial charge in [-0.1, -0.05) is 24.8 Å². The highest BCUT2D eigenvalue weighted by Crippen LogP contribution is 2.31. The molecule has 1 aliphatic rings. The molecule has 0 saturated carbocycles. The van der Waals surface area contributed by atoms with Gasteiger partial charge in [-0.15, -0.1) is 0 Å². The van der Waals surface area contributed by atoms with Gasteiger partial charge in [-0.3, -0.25) is 24.4 Å². The minimum absolute atomic E-state index is 0.124. The summed E-state index contributed by atoms with van der Waals surface area (Å²) in [4.78, 5) is 53.2. The van der Waals surface area contributed by atoms with E-state index in [0.717, 1.165) is 6.20 Å². The molecule has 2 aromatic heterocycles. The number of hydrogen-bond donors (Lipinski definition) is 1. The van der Waals surface area contributed by atoms with Crippen LogP contribution in [-0.4, -0.2) is 68.5 Å². The topological polar surface area (TPSA) is 122 Å². The standard InChI is InChI=1S/C24H21FN6O3/c1-15(19-17(25)13-29-21(20(19)26)18-14-27-7-8-28-18)22(32)24(34)31-11-9-30(10-12-31)23(33)16-5-3-2-4-6-16/h2-8,13-14H,1,9-12,26H2. The van der Waals surface area contributed by atoms with Gasteiger partial charge in [-0.25, -0.2) is 9.37 Å². The van der Waals surface area contributed by atoms with E-state index in [1.54, 1.807) is 29.2 Å².